The summed E-state index contributed by atoms with van der Waals surface area (Å²) >= 11 is 0. The van der Waals surface area contributed by atoms with Crippen LogP contribution in [0.15, 0.2) is 12.4 Å². The van der Waals surface area contributed by atoms with Crippen LogP contribution < -0.4 is 0 Å². The van der Waals surface area contributed by atoms with Crippen LogP contribution in [0.25, 0.3) is 10.9 Å². The van der Waals surface area contributed by atoms with Crippen LogP contribution >= 0.6 is 0 Å². The third-order valence-electron chi connectivity index (χ3n) is 2.53. The Morgan fingerprint density at radius 1 is 1.27 bits per heavy atom. The molecule has 0 radical (unpaired) electrons. The van der Waals surface area contributed by atoms with E-state index in [2.05, 4.69) is 36.6 Å². The standard InChI is InChI=1S/C9H12N2/c1-6-7(2)11(3)9-5-10-4-8(6)9/h4-5,10H,1-3H3. The molecule has 0 saturated heterocycles. The maximum atomic E-state index is 3.11. The van der Waals surface area contributed by atoms with Crippen molar-refractivity contribution < 1.29 is 0 Å². The lowest BCUT2D eigenvalue weighted by Gasteiger charge is -1.96. The minimum Gasteiger partial charge on any atom is -0.365 e. The van der Waals surface area contributed by atoms with E-state index in [9.17, 15) is 0 Å². The Morgan fingerprint density at radius 2 is 2.00 bits per heavy atom. The van der Waals surface area contributed by atoms with Crippen LogP contribution in [0.4, 0.5) is 0 Å². The summed E-state index contributed by atoms with van der Waals surface area (Å²) in [6, 6.07) is 0. The van der Waals surface area contributed by atoms with E-state index in [1.807, 2.05) is 6.20 Å². The van der Waals surface area contributed by atoms with E-state index in [4.69, 9.17) is 0 Å². The lowest BCUT2D eigenvalue weighted by atomic mass is 10.2. The molecule has 0 unspecified atom stereocenters. The van der Waals surface area contributed by atoms with Gasteiger partial charge in [0.1, 0.15) is 0 Å². The summed E-state index contributed by atoms with van der Waals surface area (Å²) in [4.78, 5) is 3.11. The van der Waals surface area contributed by atoms with Gasteiger partial charge in [0.2, 0.25) is 0 Å². The Balaban J connectivity index is 3.00. The number of aryl methyl sites for hydroxylation is 2. The number of fused-ring (bicyclic) bond motifs is 1. The summed E-state index contributed by atoms with van der Waals surface area (Å²) in [5, 5.41) is 1.34. The van der Waals surface area contributed by atoms with Gasteiger partial charge in [-0.3, -0.25) is 0 Å². The third-order valence-corrected chi connectivity index (χ3v) is 2.53. The highest BCUT2D eigenvalue weighted by Gasteiger charge is 2.06. The Hall–Kier alpha value is -1.18. The second-order valence-electron chi connectivity index (χ2n) is 3.02. The summed E-state index contributed by atoms with van der Waals surface area (Å²) < 4.78 is 2.21. The second kappa shape index (κ2) is 1.91. The molecule has 0 saturated carbocycles. The van der Waals surface area contributed by atoms with Gasteiger partial charge in [-0.25, -0.2) is 0 Å². The lowest BCUT2D eigenvalue weighted by Crippen LogP contribution is -1.89. The van der Waals surface area contributed by atoms with E-state index in [0.29, 0.717) is 0 Å². The fourth-order valence-corrected chi connectivity index (χ4v) is 1.56. The van der Waals surface area contributed by atoms with Crippen molar-refractivity contribution in [1.29, 1.82) is 0 Å². The minimum absolute atomic E-state index is 1.29. The van der Waals surface area contributed by atoms with Crippen molar-refractivity contribution in [2.24, 2.45) is 7.05 Å². The molecule has 0 aliphatic heterocycles. The van der Waals surface area contributed by atoms with E-state index in [1.54, 1.807) is 0 Å². The second-order valence-corrected chi connectivity index (χ2v) is 3.02. The predicted molar refractivity (Wildman–Crippen MR) is 46.7 cm³/mol. The molecule has 0 fully saturated rings. The summed E-state index contributed by atoms with van der Waals surface area (Å²) in [5.74, 6) is 0. The maximum absolute atomic E-state index is 3.11. The number of aromatic nitrogens is 2. The van der Waals surface area contributed by atoms with Crippen LogP contribution in [-0.4, -0.2) is 9.55 Å². The molecular formula is C9H12N2. The maximum Gasteiger partial charge on any atom is 0.0660 e. The van der Waals surface area contributed by atoms with Crippen LogP contribution in [0.5, 0.6) is 0 Å². The van der Waals surface area contributed by atoms with Gasteiger partial charge in [-0.2, -0.15) is 0 Å². The number of nitrogens with one attached hydrogen (secondary N) is 1. The quantitative estimate of drug-likeness (QED) is 0.590. The monoisotopic (exact) mass is 148 g/mol. The van der Waals surface area contributed by atoms with Crippen molar-refractivity contribution in [1.82, 2.24) is 9.55 Å². The largest absolute Gasteiger partial charge is 0.365 e. The average Bonchev–Trinajstić information content (AvgIpc) is 2.53. The summed E-state index contributed by atoms with van der Waals surface area (Å²) in [6.45, 7) is 4.31. The first-order valence-electron chi connectivity index (χ1n) is 3.80. The Bertz CT molecular complexity index is 358. The predicted octanol–water partition coefficient (Wildman–Crippen LogP) is 2.12. The number of H-pyrrole nitrogens is 1. The van der Waals surface area contributed by atoms with Gasteiger partial charge in [0.25, 0.3) is 0 Å². The van der Waals surface area contributed by atoms with Crippen LogP contribution in [0.3, 0.4) is 0 Å². The van der Waals surface area contributed by atoms with Crippen LogP contribution in [0.1, 0.15) is 11.3 Å². The molecule has 0 bridgehead atoms. The molecule has 2 rings (SSSR count). The SMILES string of the molecule is Cc1c(C)n(C)c2c[nH]cc12. The fraction of sp³-hybridized carbons (Fsp3) is 0.333. The first-order valence-corrected chi connectivity index (χ1v) is 3.80. The zero-order valence-corrected chi connectivity index (χ0v) is 7.10. The molecular weight excluding hydrogens is 136 g/mol. The van der Waals surface area contributed by atoms with Crippen molar-refractivity contribution in [2.75, 3.05) is 0 Å². The van der Waals surface area contributed by atoms with Crippen molar-refractivity contribution >= 4 is 10.9 Å². The minimum atomic E-state index is 1.29. The summed E-state index contributed by atoms with van der Waals surface area (Å²) in [6.07, 6.45) is 4.09. The molecule has 1 N–H and O–H groups in total. The van der Waals surface area contributed by atoms with Crippen LogP contribution in [0, 0.1) is 13.8 Å². The number of hydrogen-bond acceptors (Lipinski definition) is 0. The van der Waals surface area contributed by atoms with E-state index in [-0.39, 0.29) is 0 Å². The Morgan fingerprint density at radius 3 is 2.64 bits per heavy atom. The van der Waals surface area contributed by atoms with Crippen molar-refractivity contribution in [3.8, 4) is 0 Å². The molecule has 0 spiro atoms. The van der Waals surface area contributed by atoms with Crippen LogP contribution in [-0.2, 0) is 7.05 Å². The topological polar surface area (TPSA) is 20.7 Å². The van der Waals surface area contributed by atoms with E-state index in [1.165, 1.54) is 22.2 Å². The number of nitrogens with zero attached hydrogens (tertiary/aromatic N) is 1. The molecule has 0 aromatic carbocycles. The van der Waals surface area contributed by atoms with Gasteiger partial charge >= 0.3 is 0 Å². The zero-order valence-electron chi connectivity index (χ0n) is 7.10. The molecule has 2 heterocycles. The smallest absolute Gasteiger partial charge is 0.0660 e. The molecule has 2 nitrogen and oxygen atoms in total. The number of hydrogen-bond donors (Lipinski definition) is 1. The summed E-state index contributed by atoms with van der Waals surface area (Å²) in [7, 11) is 2.10. The molecule has 0 aliphatic rings. The van der Waals surface area contributed by atoms with Gasteiger partial charge < -0.3 is 9.55 Å². The number of aromatic amines is 1. The van der Waals surface area contributed by atoms with Crippen molar-refractivity contribution in [3.05, 3.63) is 23.7 Å². The molecule has 2 aromatic rings. The molecule has 0 aliphatic carbocycles. The van der Waals surface area contributed by atoms with E-state index < -0.39 is 0 Å². The summed E-state index contributed by atoms with van der Waals surface area (Å²) in [5.41, 5.74) is 4.02. The number of rotatable bonds is 0. The van der Waals surface area contributed by atoms with Crippen molar-refractivity contribution in [2.45, 2.75) is 13.8 Å². The zero-order chi connectivity index (χ0) is 8.01. The highest BCUT2D eigenvalue weighted by atomic mass is 15.0. The molecule has 2 aromatic heterocycles. The van der Waals surface area contributed by atoms with Crippen LogP contribution in [0.2, 0.25) is 0 Å². The van der Waals surface area contributed by atoms with Gasteiger partial charge in [-0.15, -0.1) is 0 Å². The van der Waals surface area contributed by atoms with E-state index >= 15 is 0 Å². The molecule has 0 atom stereocenters. The molecule has 0 amide bonds. The molecule has 58 valence electrons. The fourth-order valence-electron chi connectivity index (χ4n) is 1.56. The lowest BCUT2D eigenvalue weighted by molar-refractivity contribution is 0.909. The first kappa shape index (κ1) is 6.53. The van der Waals surface area contributed by atoms with Gasteiger partial charge in [0.05, 0.1) is 5.52 Å². The normalized spacial score (nSPS) is 11.2. The van der Waals surface area contributed by atoms with Gasteiger partial charge in [-0.05, 0) is 19.4 Å². The van der Waals surface area contributed by atoms with Gasteiger partial charge in [-0.1, -0.05) is 0 Å². The first-order chi connectivity index (χ1) is 5.22. The highest BCUT2D eigenvalue weighted by Crippen LogP contribution is 2.22. The van der Waals surface area contributed by atoms with Gasteiger partial charge in [0.15, 0.2) is 0 Å². The van der Waals surface area contributed by atoms with E-state index in [0.717, 1.165) is 0 Å². The molecule has 11 heavy (non-hydrogen) atoms. The van der Waals surface area contributed by atoms with Gasteiger partial charge in [0, 0.05) is 30.5 Å². The highest BCUT2D eigenvalue weighted by molar-refractivity contribution is 5.84. The Labute approximate surface area is 65.8 Å². The third kappa shape index (κ3) is 0.666. The molecule has 2 heteroatoms. The Kier molecular flexibility index (Phi) is 1.13. The van der Waals surface area contributed by atoms with Crippen molar-refractivity contribution in [3.63, 3.8) is 0 Å². The average molecular weight is 148 g/mol.